The van der Waals surface area contributed by atoms with E-state index in [9.17, 15) is 14.0 Å². The normalized spacial score (nSPS) is 10.2. The molecule has 0 aromatic heterocycles. The van der Waals surface area contributed by atoms with E-state index < -0.39 is 11.7 Å². The molecule has 0 saturated heterocycles. The average molecular weight is 314 g/mol. The van der Waals surface area contributed by atoms with Gasteiger partial charge in [0.05, 0.1) is 13.0 Å². The number of carbonyl (C=O) groups is 2. The molecule has 0 aliphatic rings. The third-order valence-corrected chi connectivity index (χ3v) is 3.63. The van der Waals surface area contributed by atoms with Gasteiger partial charge >= 0.3 is 0 Å². The van der Waals surface area contributed by atoms with Gasteiger partial charge in [-0.3, -0.25) is 9.59 Å². The van der Waals surface area contributed by atoms with Crippen LogP contribution in [0.2, 0.25) is 0 Å². The fourth-order valence-electron chi connectivity index (χ4n) is 2.14. The summed E-state index contributed by atoms with van der Waals surface area (Å²) in [4.78, 5) is 23.7. The standard InChI is InChI=1S/C18H19FN2O2/c1-12-6-5-9-16(13(12)2)21-18(23)11-20-17(22)10-14-7-3-4-8-15(14)19/h3-9H,10-11H2,1-2H3,(H,20,22)(H,21,23). The molecule has 4 nitrogen and oxygen atoms in total. The Balaban J connectivity index is 1.86. The van der Waals surface area contributed by atoms with Crippen LogP contribution in [0.15, 0.2) is 42.5 Å². The van der Waals surface area contributed by atoms with Crippen molar-refractivity contribution in [3.63, 3.8) is 0 Å². The van der Waals surface area contributed by atoms with Gasteiger partial charge in [0.25, 0.3) is 0 Å². The topological polar surface area (TPSA) is 58.2 Å². The van der Waals surface area contributed by atoms with Crippen molar-refractivity contribution in [2.45, 2.75) is 20.3 Å². The van der Waals surface area contributed by atoms with Crippen LogP contribution in [-0.2, 0) is 16.0 Å². The van der Waals surface area contributed by atoms with Crippen LogP contribution in [0.25, 0.3) is 0 Å². The minimum atomic E-state index is -0.428. The first-order chi connectivity index (χ1) is 11.0. The van der Waals surface area contributed by atoms with Gasteiger partial charge in [0.1, 0.15) is 5.82 Å². The molecule has 0 unspecified atom stereocenters. The second-order valence-corrected chi connectivity index (χ2v) is 5.34. The van der Waals surface area contributed by atoms with Crippen molar-refractivity contribution >= 4 is 17.5 Å². The summed E-state index contributed by atoms with van der Waals surface area (Å²) in [5.41, 5.74) is 3.09. The third-order valence-electron chi connectivity index (χ3n) is 3.63. The van der Waals surface area contributed by atoms with Crippen molar-refractivity contribution in [2.24, 2.45) is 0 Å². The first-order valence-corrected chi connectivity index (χ1v) is 7.33. The fourth-order valence-corrected chi connectivity index (χ4v) is 2.14. The maximum atomic E-state index is 13.5. The van der Waals surface area contributed by atoms with E-state index in [1.165, 1.54) is 6.07 Å². The van der Waals surface area contributed by atoms with Gasteiger partial charge in [-0.15, -0.1) is 0 Å². The molecule has 0 saturated carbocycles. The molecule has 2 aromatic rings. The molecule has 0 fully saturated rings. The summed E-state index contributed by atoms with van der Waals surface area (Å²) >= 11 is 0. The van der Waals surface area contributed by atoms with Gasteiger partial charge < -0.3 is 10.6 Å². The third kappa shape index (κ3) is 4.64. The number of halogens is 1. The van der Waals surface area contributed by atoms with Crippen molar-refractivity contribution in [3.05, 3.63) is 65.0 Å². The zero-order valence-corrected chi connectivity index (χ0v) is 13.2. The van der Waals surface area contributed by atoms with Gasteiger partial charge in [-0.25, -0.2) is 4.39 Å². The van der Waals surface area contributed by atoms with Crippen molar-refractivity contribution in [2.75, 3.05) is 11.9 Å². The zero-order valence-electron chi connectivity index (χ0n) is 13.2. The van der Waals surface area contributed by atoms with Crippen LogP contribution in [0.1, 0.15) is 16.7 Å². The smallest absolute Gasteiger partial charge is 0.243 e. The van der Waals surface area contributed by atoms with E-state index in [0.717, 1.165) is 16.8 Å². The maximum absolute atomic E-state index is 13.5. The van der Waals surface area contributed by atoms with Gasteiger partial charge in [-0.2, -0.15) is 0 Å². The largest absolute Gasteiger partial charge is 0.347 e. The molecule has 0 radical (unpaired) electrons. The first kappa shape index (κ1) is 16.7. The molecule has 2 rings (SSSR count). The van der Waals surface area contributed by atoms with Crippen molar-refractivity contribution in [3.8, 4) is 0 Å². The molecule has 0 bridgehead atoms. The van der Waals surface area contributed by atoms with Gasteiger partial charge in [0.2, 0.25) is 11.8 Å². The summed E-state index contributed by atoms with van der Waals surface area (Å²) in [7, 11) is 0. The number of aryl methyl sites for hydroxylation is 1. The van der Waals surface area contributed by atoms with Gasteiger partial charge in [-0.05, 0) is 42.7 Å². The van der Waals surface area contributed by atoms with E-state index in [-0.39, 0.29) is 18.9 Å². The van der Waals surface area contributed by atoms with Crippen LogP contribution in [0.4, 0.5) is 10.1 Å². The summed E-state index contributed by atoms with van der Waals surface area (Å²) < 4.78 is 13.5. The quantitative estimate of drug-likeness (QED) is 0.891. The SMILES string of the molecule is Cc1cccc(NC(=O)CNC(=O)Cc2ccccc2F)c1C. The predicted octanol–water partition coefficient (Wildman–Crippen LogP) is 2.74. The van der Waals surface area contributed by atoms with E-state index in [1.807, 2.05) is 26.0 Å². The summed E-state index contributed by atoms with van der Waals surface area (Å²) in [6.45, 7) is 3.73. The van der Waals surface area contributed by atoms with Crippen molar-refractivity contribution in [1.29, 1.82) is 0 Å². The average Bonchev–Trinajstić information content (AvgIpc) is 2.52. The number of rotatable bonds is 5. The summed E-state index contributed by atoms with van der Waals surface area (Å²) in [5, 5.41) is 5.25. The number of nitrogens with one attached hydrogen (secondary N) is 2. The molecule has 2 amide bonds. The lowest BCUT2D eigenvalue weighted by Crippen LogP contribution is -2.34. The molecule has 2 aromatic carbocycles. The zero-order chi connectivity index (χ0) is 16.8. The minimum Gasteiger partial charge on any atom is -0.347 e. The Morgan fingerprint density at radius 2 is 1.74 bits per heavy atom. The lowest BCUT2D eigenvalue weighted by atomic mass is 10.1. The van der Waals surface area contributed by atoms with Crippen LogP contribution in [-0.4, -0.2) is 18.4 Å². The summed E-state index contributed by atoms with van der Waals surface area (Å²) in [6.07, 6.45) is -0.0938. The Bertz CT molecular complexity index is 729. The van der Waals surface area contributed by atoms with E-state index in [2.05, 4.69) is 10.6 Å². The minimum absolute atomic E-state index is 0.0938. The second-order valence-electron chi connectivity index (χ2n) is 5.34. The summed E-state index contributed by atoms with van der Waals surface area (Å²) in [6, 6.07) is 11.7. The number of hydrogen-bond donors (Lipinski definition) is 2. The monoisotopic (exact) mass is 314 g/mol. The lowest BCUT2D eigenvalue weighted by Gasteiger charge is -2.11. The van der Waals surface area contributed by atoms with Crippen LogP contribution < -0.4 is 10.6 Å². The highest BCUT2D eigenvalue weighted by molar-refractivity contribution is 5.95. The highest BCUT2D eigenvalue weighted by Crippen LogP contribution is 2.17. The second kappa shape index (κ2) is 7.54. The van der Waals surface area contributed by atoms with Crippen LogP contribution in [0, 0.1) is 19.7 Å². The molecule has 5 heteroatoms. The Labute approximate surface area is 134 Å². The number of hydrogen-bond acceptors (Lipinski definition) is 2. The molecule has 0 aliphatic carbocycles. The van der Waals surface area contributed by atoms with Crippen molar-refractivity contribution < 1.29 is 14.0 Å². The highest BCUT2D eigenvalue weighted by Gasteiger charge is 2.10. The molecule has 0 heterocycles. The number of anilines is 1. The molecule has 23 heavy (non-hydrogen) atoms. The molecule has 0 aliphatic heterocycles. The number of carbonyl (C=O) groups excluding carboxylic acids is 2. The van der Waals surface area contributed by atoms with E-state index in [1.54, 1.807) is 24.3 Å². The lowest BCUT2D eigenvalue weighted by molar-refractivity contribution is -0.123. The molecular weight excluding hydrogens is 295 g/mol. The highest BCUT2D eigenvalue weighted by atomic mass is 19.1. The first-order valence-electron chi connectivity index (χ1n) is 7.33. The van der Waals surface area contributed by atoms with E-state index in [0.29, 0.717) is 5.56 Å². The Kier molecular flexibility index (Phi) is 5.46. The number of benzene rings is 2. The Hall–Kier alpha value is -2.69. The predicted molar refractivity (Wildman–Crippen MR) is 87.7 cm³/mol. The van der Waals surface area contributed by atoms with Crippen molar-refractivity contribution in [1.82, 2.24) is 5.32 Å². The Morgan fingerprint density at radius 1 is 1.00 bits per heavy atom. The van der Waals surface area contributed by atoms with Crippen LogP contribution >= 0.6 is 0 Å². The molecule has 120 valence electrons. The van der Waals surface area contributed by atoms with E-state index in [4.69, 9.17) is 0 Å². The molecule has 0 spiro atoms. The van der Waals surface area contributed by atoms with Crippen LogP contribution in [0.5, 0.6) is 0 Å². The van der Waals surface area contributed by atoms with Gasteiger partial charge in [0, 0.05) is 5.69 Å². The van der Waals surface area contributed by atoms with Crippen LogP contribution in [0.3, 0.4) is 0 Å². The molecule has 2 N–H and O–H groups in total. The fraction of sp³-hybridized carbons (Fsp3) is 0.222. The molecular formula is C18H19FN2O2. The number of amides is 2. The maximum Gasteiger partial charge on any atom is 0.243 e. The Morgan fingerprint density at radius 3 is 2.48 bits per heavy atom. The summed E-state index contributed by atoms with van der Waals surface area (Å²) in [5.74, 6) is -1.14. The molecule has 0 atom stereocenters. The van der Waals surface area contributed by atoms with E-state index >= 15 is 0 Å². The van der Waals surface area contributed by atoms with Gasteiger partial charge in [-0.1, -0.05) is 30.3 Å². The van der Waals surface area contributed by atoms with Gasteiger partial charge in [0.15, 0.2) is 0 Å².